The fourth-order valence-corrected chi connectivity index (χ4v) is 3.59. The monoisotopic (exact) mass is 432 g/mol. The van der Waals surface area contributed by atoms with Gasteiger partial charge in [0.25, 0.3) is 5.91 Å². The molecule has 8 heteroatoms. The molecule has 2 aromatic rings. The van der Waals surface area contributed by atoms with Crippen LogP contribution in [0.2, 0.25) is 0 Å². The molecule has 0 bridgehead atoms. The third-order valence-electron chi connectivity index (χ3n) is 5.24. The quantitative estimate of drug-likeness (QED) is 0.547. The average Bonchev–Trinajstić information content (AvgIpc) is 3.22. The summed E-state index contributed by atoms with van der Waals surface area (Å²) in [6.45, 7) is 3.94. The van der Waals surface area contributed by atoms with E-state index < -0.39 is 0 Å². The average molecular weight is 433 g/mol. The lowest BCUT2D eigenvalue weighted by Crippen LogP contribution is -2.38. The minimum atomic E-state index is -0.183. The minimum absolute atomic E-state index is 0.0366. The standard InChI is InChI=1S/C23H32N2O6/c1-27-13-10-24-23(26)21-7-6-18(29-3)14-22(21)31-17-8-11-25(12-9-17)15-19-4-5-20(30-19)16-28-2/h4-7,14,17H,8-13,15-16H2,1-3H3,(H,24,26). The number of carbonyl (C=O) groups is 1. The van der Waals surface area contributed by atoms with Crippen molar-refractivity contribution in [2.45, 2.75) is 32.1 Å². The van der Waals surface area contributed by atoms with Gasteiger partial charge in [-0.3, -0.25) is 9.69 Å². The molecule has 0 spiro atoms. The van der Waals surface area contributed by atoms with E-state index in [4.69, 9.17) is 23.4 Å². The Labute approximate surface area is 183 Å². The number of rotatable bonds is 11. The van der Waals surface area contributed by atoms with Crippen LogP contribution in [0.4, 0.5) is 0 Å². The van der Waals surface area contributed by atoms with Crippen LogP contribution >= 0.6 is 0 Å². The van der Waals surface area contributed by atoms with Crippen molar-refractivity contribution < 1.29 is 28.2 Å². The number of nitrogens with one attached hydrogen (secondary N) is 1. The molecule has 3 rings (SSSR count). The lowest BCUT2D eigenvalue weighted by atomic mass is 10.1. The van der Waals surface area contributed by atoms with Gasteiger partial charge in [-0.05, 0) is 37.1 Å². The van der Waals surface area contributed by atoms with Crippen LogP contribution in [-0.2, 0) is 22.6 Å². The van der Waals surface area contributed by atoms with Crippen LogP contribution in [0.1, 0.15) is 34.7 Å². The summed E-state index contributed by atoms with van der Waals surface area (Å²) in [5, 5.41) is 2.85. The van der Waals surface area contributed by atoms with Gasteiger partial charge in [0, 0.05) is 39.9 Å². The highest BCUT2D eigenvalue weighted by atomic mass is 16.5. The first-order valence-corrected chi connectivity index (χ1v) is 10.5. The second kappa shape index (κ2) is 11.7. The highest BCUT2D eigenvalue weighted by Gasteiger charge is 2.23. The van der Waals surface area contributed by atoms with E-state index in [1.807, 2.05) is 12.1 Å². The number of methoxy groups -OCH3 is 3. The Morgan fingerprint density at radius 3 is 2.58 bits per heavy atom. The number of hydrogen-bond donors (Lipinski definition) is 1. The molecule has 170 valence electrons. The fourth-order valence-electron chi connectivity index (χ4n) is 3.59. The SMILES string of the molecule is COCCNC(=O)c1ccc(OC)cc1OC1CCN(Cc2ccc(COC)o2)CC1. The molecule has 0 atom stereocenters. The van der Waals surface area contributed by atoms with Gasteiger partial charge in [-0.1, -0.05) is 0 Å². The maximum absolute atomic E-state index is 12.6. The number of benzene rings is 1. The Balaban J connectivity index is 1.56. The summed E-state index contributed by atoms with van der Waals surface area (Å²) in [5.74, 6) is 2.80. The zero-order chi connectivity index (χ0) is 22.1. The van der Waals surface area contributed by atoms with E-state index in [1.165, 1.54) is 0 Å². The summed E-state index contributed by atoms with van der Waals surface area (Å²) < 4.78 is 27.5. The zero-order valence-corrected chi connectivity index (χ0v) is 18.5. The first kappa shape index (κ1) is 23.1. The van der Waals surface area contributed by atoms with Crippen molar-refractivity contribution in [2.24, 2.45) is 0 Å². The molecule has 1 aromatic carbocycles. The smallest absolute Gasteiger partial charge is 0.255 e. The van der Waals surface area contributed by atoms with E-state index in [0.717, 1.165) is 44.0 Å². The molecule has 0 unspecified atom stereocenters. The van der Waals surface area contributed by atoms with Crippen molar-refractivity contribution in [1.82, 2.24) is 10.2 Å². The van der Waals surface area contributed by atoms with E-state index in [1.54, 1.807) is 39.5 Å². The second-order valence-corrected chi connectivity index (χ2v) is 7.51. The van der Waals surface area contributed by atoms with Crippen molar-refractivity contribution in [3.63, 3.8) is 0 Å². The van der Waals surface area contributed by atoms with Crippen LogP contribution in [0.5, 0.6) is 11.5 Å². The van der Waals surface area contributed by atoms with Crippen LogP contribution in [0.25, 0.3) is 0 Å². The Morgan fingerprint density at radius 1 is 1.10 bits per heavy atom. The Kier molecular flexibility index (Phi) is 8.75. The van der Waals surface area contributed by atoms with Gasteiger partial charge in [0.1, 0.15) is 35.7 Å². The van der Waals surface area contributed by atoms with Gasteiger partial charge in [-0.25, -0.2) is 0 Å². The lowest BCUT2D eigenvalue weighted by Gasteiger charge is -2.32. The molecule has 1 amide bonds. The third kappa shape index (κ3) is 6.72. The minimum Gasteiger partial charge on any atom is -0.497 e. The lowest BCUT2D eigenvalue weighted by molar-refractivity contribution is 0.0858. The largest absolute Gasteiger partial charge is 0.497 e. The van der Waals surface area contributed by atoms with Crippen molar-refractivity contribution in [2.75, 3.05) is 47.6 Å². The molecular formula is C23H32N2O6. The summed E-state index contributed by atoms with van der Waals surface area (Å²) in [6, 6.07) is 9.23. The second-order valence-electron chi connectivity index (χ2n) is 7.51. The van der Waals surface area contributed by atoms with Gasteiger partial charge in [0.2, 0.25) is 0 Å². The molecule has 1 fully saturated rings. The van der Waals surface area contributed by atoms with E-state index >= 15 is 0 Å². The fraction of sp³-hybridized carbons (Fsp3) is 0.522. The van der Waals surface area contributed by atoms with Gasteiger partial charge in [0.05, 0.1) is 25.8 Å². The van der Waals surface area contributed by atoms with Crippen LogP contribution in [-0.4, -0.2) is 64.5 Å². The molecule has 0 aliphatic carbocycles. The van der Waals surface area contributed by atoms with E-state index in [0.29, 0.717) is 36.8 Å². The molecule has 0 radical (unpaired) electrons. The van der Waals surface area contributed by atoms with Crippen molar-refractivity contribution in [3.8, 4) is 11.5 Å². The van der Waals surface area contributed by atoms with Gasteiger partial charge in [-0.2, -0.15) is 0 Å². The number of furan rings is 1. The first-order valence-electron chi connectivity index (χ1n) is 10.5. The number of nitrogens with zero attached hydrogens (tertiary/aromatic N) is 1. The number of carbonyl (C=O) groups excluding carboxylic acids is 1. The molecule has 8 nitrogen and oxygen atoms in total. The maximum Gasteiger partial charge on any atom is 0.255 e. The normalized spacial score (nSPS) is 15.1. The van der Waals surface area contributed by atoms with Crippen LogP contribution in [0.15, 0.2) is 34.7 Å². The summed E-state index contributed by atoms with van der Waals surface area (Å²) in [7, 11) is 4.86. The van der Waals surface area contributed by atoms with Gasteiger partial charge in [-0.15, -0.1) is 0 Å². The molecule has 2 heterocycles. The Hall–Kier alpha value is -2.55. The predicted molar refractivity (Wildman–Crippen MR) is 116 cm³/mol. The summed E-state index contributed by atoms with van der Waals surface area (Å²) in [6.07, 6.45) is 1.77. The summed E-state index contributed by atoms with van der Waals surface area (Å²) in [4.78, 5) is 14.9. The van der Waals surface area contributed by atoms with Gasteiger partial charge in [0.15, 0.2) is 0 Å². The van der Waals surface area contributed by atoms with E-state index in [9.17, 15) is 4.79 Å². The zero-order valence-electron chi connectivity index (χ0n) is 18.5. The molecule has 1 aromatic heterocycles. The van der Waals surface area contributed by atoms with Crippen LogP contribution in [0, 0.1) is 0 Å². The van der Waals surface area contributed by atoms with Crippen LogP contribution in [0.3, 0.4) is 0 Å². The van der Waals surface area contributed by atoms with E-state index in [2.05, 4.69) is 10.2 Å². The molecule has 31 heavy (non-hydrogen) atoms. The molecule has 1 saturated heterocycles. The number of ether oxygens (including phenoxy) is 4. The molecule has 1 aliphatic heterocycles. The van der Waals surface area contributed by atoms with Crippen LogP contribution < -0.4 is 14.8 Å². The molecular weight excluding hydrogens is 400 g/mol. The van der Waals surface area contributed by atoms with Crippen molar-refractivity contribution in [3.05, 3.63) is 47.4 Å². The van der Waals surface area contributed by atoms with E-state index in [-0.39, 0.29) is 12.0 Å². The topological polar surface area (TPSA) is 82.4 Å². The third-order valence-corrected chi connectivity index (χ3v) is 5.24. The molecule has 1 N–H and O–H groups in total. The number of amides is 1. The highest BCUT2D eigenvalue weighted by Crippen LogP contribution is 2.28. The van der Waals surface area contributed by atoms with Crippen molar-refractivity contribution in [1.29, 1.82) is 0 Å². The number of piperidine rings is 1. The number of likely N-dealkylation sites (tertiary alicyclic amines) is 1. The van der Waals surface area contributed by atoms with Crippen molar-refractivity contribution >= 4 is 5.91 Å². The Morgan fingerprint density at radius 2 is 1.87 bits per heavy atom. The first-order chi connectivity index (χ1) is 15.1. The molecule has 1 aliphatic rings. The highest BCUT2D eigenvalue weighted by molar-refractivity contribution is 5.97. The molecule has 0 saturated carbocycles. The number of hydrogen-bond acceptors (Lipinski definition) is 7. The van der Waals surface area contributed by atoms with Gasteiger partial charge >= 0.3 is 0 Å². The summed E-state index contributed by atoms with van der Waals surface area (Å²) in [5.41, 5.74) is 0.501. The maximum atomic E-state index is 12.6. The van der Waals surface area contributed by atoms with Gasteiger partial charge < -0.3 is 28.7 Å². The Bertz CT molecular complexity index is 829. The predicted octanol–water partition coefficient (Wildman–Crippen LogP) is 2.85. The summed E-state index contributed by atoms with van der Waals surface area (Å²) >= 11 is 0.